The van der Waals surface area contributed by atoms with Gasteiger partial charge in [0.25, 0.3) is 0 Å². The number of aromatic amines is 1. The van der Waals surface area contributed by atoms with Gasteiger partial charge in [-0.05, 0) is 68.6 Å². The molecule has 0 spiro atoms. The Bertz CT molecular complexity index is 2700. The summed E-state index contributed by atoms with van der Waals surface area (Å²) >= 11 is 0. The van der Waals surface area contributed by atoms with Crippen LogP contribution in [-0.4, -0.2) is 152 Å². The first kappa shape index (κ1) is 61.2. The quantitative estimate of drug-likeness (QED) is 0.0315. The third-order valence-electron chi connectivity index (χ3n) is 12.3. The minimum Gasteiger partial charge on any atom is -0.370 e. The number of nitrogens with two attached hydrogens (primary N) is 3. The largest absolute Gasteiger partial charge is 0.370 e. The van der Waals surface area contributed by atoms with E-state index in [0.717, 1.165) is 17.2 Å². The first-order chi connectivity index (χ1) is 36.5. The highest BCUT2D eigenvalue weighted by molar-refractivity contribution is 7.90. The highest BCUT2D eigenvalue weighted by Gasteiger charge is 2.35. The number of carbonyl (C=O) groups is 9. The number of para-hydroxylation sites is 1. The number of fused-ring (bicyclic) bond motifs is 1. The van der Waals surface area contributed by atoms with Crippen molar-refractivity contribution in [3.63, 3.8) is 0 Å². The van der Waals surface area contributed by atoms with Gasteiger partial charge >= 0.3 is 0 Å². The van der Waals surface area contributed by atoms with Gasteiger partial charge in [0.05, 0.1) is 5.75 Å². The van der Waals surface area contributed by atoms with E-state index in [1.54, 1.807) is 48.7 Å². The molecular formula is C49H72N16O11S. The van der Waals surface area contributed by atoms with Crippen molar-refractivity contribution in [2.24, 2.45) is 17.2 Å². The second kappa shape index (κ2) is 30.3. The molecule has 0 bridgehead atoms. The fraction of sp³-hybridized carbons (Fsp3) is 0.490. The van der Waals surface area contributed by atoms with Gasteiger partial charge in [-0.3, -0.25) is 54.0 Å². The Labute approximate surface area is 445 Å². The summed E-state index contributed by atoms with van der Waals surface area (Å²) in [6.07, 6.45) is 1.15. The molecule has 28 heteroatoms. The van der Waals surface area contributed by atoms with Gasteiger partial charge in [0, 0.05) is 69.2 Å². The van der Waals surface area contributed by atoms with Gasteiger partial charge in [-0.2, -0.15) is 0 Å². The third-order valence-corrected chi connectivity index (χ3v) is 13.3. The number of hydrogen-bond donors (Lipinski definition) is 16. The van der Waals surface area contributed by atoms with Crippen LogP contribution >= 0.6 is 0 Å². The number of amides is 9. The maximum atomic E-state index is 14.6. The summed E-state index contributed by atoms with van der Waals surface area (Å²) < 4.78 is 25.1. The van der Waals surface area contributed by atoms with E-state index in [9.17, 15) is 51.6 Å². The van der Waals surface area contributed by atoms with E-state index in [2.05, 4.69) is 58.2 Å². The molecule has 4 rings (SSSR count). The molecule has 27 nitrogen and oxygen atoms in total. The molecule has 0 saturated carbocycles. The Morgan fingerprint density at radius 1 is 0.714 bits per heavy atom. The van der Waals surface area contributed by atoms with Crippen molar-refractivity contribution < 1.29 is 51.6 Å². The lowest BCUT2D eigenvalue weighted by atomic mass is 10.0. The van der Waals surface area contributed by atoms with Crippen LogP contribution in [0.15, 0.2) is 60.8 Å². The number of carbonyl (C=O) groups excluding carboxylic acids is 9. The Morgan fingerprint density at radius 2 is 1.29 bits per heavy atom. The number of hydrogen-bond acceptors (Lipinski definition) is 13. The van der Waals surface area contributed by atoms with E-state index >= 15 is 0 Å². The van der Waals surface area contributed by atoms with Gasteiger partial charge in [0.1, 0.15) is 52.1 Å². The Morgan fingerprint density at radius 3 is 1.92 bits per heavy atom. The molecular weight excluding hydrogens is 1020 g/mol. The number of benzene rings is 2. The zero-order valence-corrected chi connectivity index (χ0v) is 43.9. The Balaban J connectivity index is 1.79. The molecule has 1 fully saturated rings. The number of nitrogens with one attached hydrogen (secondary N) is 13. The number of primary amides is 1. The van der Waals surface area contributed by atoms with Crippen molar-refractivity contribution in [3.8, 4) is 0 Å². The maximum Gasteiger partial charge on any atom is 0.243 e. The van der Waals surface area contributed by atoms with E-state index in [0.29, 0.717) is 11.1 Å². The SMILES string of the molecule is CC(=O)N[C@@H](CCCNC(=N)N)C(=O)N[C@H]1CCC(=O)NCCCC(C(N)=O)NC(=O)[C@H](Cc2c[nH]c3ccccc23)NC(=O)[C@H](CCCNC(=N)N)NC(=O)C(Cc2ccccc2)NC(=O)[C@H](CCS(C)(=O)=O)NC1=O. The van der Waals surface area contributed by atoms with Crippen LogP contribution < -0.4 is 70.4 Å². The Kier molecular flexibility index (Phi) is 24.1. The summed E-state index contributed by atoms with van der Waals surface area (Å²) in [5.41, 5.74) is 18.5. The summed E-state index contributed by atoms with van der Waals surface area (Å²) in [4.78, 5) is 128. The highest BCUT2D eigenvalue weighted by Crippen LogP contribution is 2.20. The van der Waals surface area contributed by atoms with E-state index < -0.39 is 130 Å². The number of aromatic nitrogens is 1. The van der Waals surface area contributed by atoms with Crippen LogP contribution in [0.5, 0.6) is 0 Å². The Hall–Kier alpha value is -8.30. The van der Waals surface area contributed by atoms with Crippen molar-refractivity contribution in [2.45, 2.75) is 120 Å². The zero-order chi connectivity index (χ0) is 56.7. The summed E-state index contributed by atoms with van der Waals surface area (Å²) in [6.45, 7) is 1.33. The fourth-order valence-electron chi connectivity index (χ4n) is 8.32. The van der Waals surface area contributed by atoms with Crippen LogP contribution in [0.25, 0.3) is 10.9 Å². The molecule has 420 valence electrons. The summed E-state index contributed by atoms with van der Waals surface area (Å²) in [6, 6.07) is 5.45. The molecule has 2 unspecified atom stereocenters. The van der Waals surface area contributed by atoms with Crippen LogP contribution in [0.3, 0.4) is 0 Å². The van der Waals surface area contributed by atoms with E-state index in [1.807, 2.05) is 12.1 Å². The van der Waals surface area contributed by atoms with Gasteiger partial charge < -0.3 is 75.4 Å². The zero-order valence-electron chi connectivity index (χ0n) is 43.1. The lowest BCUT2D eigenvalue weighted by Gasteiger charge is -2.28. The minimum absolute atomic E-state index is 0.0000956. The molecule has 1 aliphatic rings. The van der Waals surface area contributed by atoms with Gasteiger partial charge in [-0.15, -0.1) is 0 Å². The molecule has 9 amide bonds. The van der Waals surface area contributed by atoms with Gasteiger partial charge in [-0.1, -0.05) is 48.5 Å². The molecule has 2 aromatic carbocycles. The van der Waals surface area contributed by atoms with Crippen molar-refractivity contribution in [1.82, 2.24) is 58.2 Å². The van der Waals surface area contributed by atoms with Crippen LogP contribution in [0.4, 0.5) is 0 Å². The molecule has 19 N–H and O–H groups in total. The average molecular weight is 1090 g/mol. The fourth-order valence-corrected chi connectivity index (χ4v) is 8.98. The molecule has 1 saturated heterocycles. The highest BCUT2D eigenvalue weighted by atomic mass is 32.2. The van der Waals surface area contributed by atoms with Crippen LogP contribution in [0.2, 0.25) is 0 Å². The molecule has 1 aliphatic heterocycles. The first-order valence-electron chi connectivity index (χ1n) is 25.1. The van der Waals surface area contributed by atoms with Gasteiger partial charge in [0.15, 0.2) is 11.9 Å². The van der Waals surface area contributed by atoms with E-state index in [4.69, 9.17) is 28.0 Å². The summed E-state index contributed by atoms with van der Waals surface area (Å²) in [5.74, 6) is -9.02. The van der Waals surface area contributed by atoms with Gasteiger partial charge in [0.2, 0.25) is 53.2 Å². The van der Waals surface area contributed by atoms with Crippen molar-refractivity contribution >= 4 is 85.8 Å². The molecule has 7 atom stereocenters. The van der Waals surface area contributed by atoms with Gasteiger partial charge in [-0.25, -0.2) is 8.42 Å². The number of rotatable bonds is 19. The topological polar surface area (TPSA) is 450 Å². The van der Waals surface area contributed by atoms with Crippen molar-refractivity contribution in [2.75, 3.05) is 31.6 Å². The molecule has 3 aromatic rings. The molecule has 2 heterocycles. The normalized spacial score (nSPS) is 21.1. The average Bonchev–Trinajstić information content (AvgIpc) is 3.78. The maximum absolute atomic E-state index is 14.6. The van der Waals surface area contributed by atoms with E-state index in [1.165, 1.54) is 6.92 Å². The van der Waals surface area contributed by atoms with Crippen LogP contribution in [0.1, 0.15) is 75.8 Å². The monoisotopic (exact) mass is 1090 g/mol. The first-order valence-corrected chi connectivity index (χ1v) is 27.1. The smallest absolute Gasteiger partial charge is 0.243 e. The van der Waals surface area contributed by atoms with E-state index in [-0.39, 0.29) is 82.9 Å². The number of H-pyrrole nitrogens is 1. The summed E-state index contributed by atoms with van der Waals surface area (Å²) in [5, 5.41) is 41.8. The third kappa shape index (κ3) is 21.8. The number of guanidine groups is 2. The van der Waals surface area contributed by atoms with Crippen LogP contribution in [0, 0.1) is 10.8 Å². The summed E-state index contributed by atoms with van der Waals surface area (Å²) in [7, 11) is -3.81. The lowest BCUT2D eigenvalue weighted by Crippen LogP contribution is -2.60. The second-order valence-corrected chi connectivity index (χ2v) is 21.0. The lowest BCUT2D eigenvalue weighted by molar-refractivity contribution is -0.136. The predicted octanol–water partition coefficient (Wildman–Crippen LogP) is -3.50. The van der Waals surface area contributed by atoms with Crippen LogP contribution in [-0.2, 0) is 65.8 Å². The van der Waals surface area contributed by atoms with Crippen molar-refractivity contribution in [3.05, 3.63) is 71.9 Å². The van der Waals surface area contributed by atoms with Crippen molar-refractivity contribution in [1.29, 1.82) is 10.8 Å². The molecule has 77 heavy (non-hydrogen) atoms. The predicted molar refractivity (Wildman–Crippen MR) is 285 cm³/mol. The molecule has 0 aliphatic carbocycles. The molecule has 1 aromatic heterocycles. The molecule has 0 radical (unpaired) electrons. The minimum atomic E-state index is -3.81. The number of sulfone groups is 1. The standard InChI is InChI=1S/C49H72N16O11S/c1-28(66)59-34(16-9-22-56-48(51)52)42(69)62-36-18-19-40(67)55-21-8-15-33(41(50)68)60-47(74)39(26-30-27-58-32-14-7-6-13-31(30)32)65-43(70)35(17-10-23-57-49(53)54)61-46(73)38(25-29-11-4-3-5-12-29)64-45(72)37(63-44(36)71)20-24-77(2,75)76/h3-7,11-14,27,33-39,58H,8-10,15-26H2,1-2H3,(H2,50,68)(H,55,67)(H,59,66)(H,60,74)(H,61,73)(H,62,69)(H,63,71)(H,64,72)(H,65,70)(H4,51,52,56)(H4,53,54,57)/t33?,34-,35-,36-,37-,38?,39-/m0/s1. The second-order valence-electron chi connectivity index (χ2n) is 18.7.